The molecule has 2 aliphatic heterocycles. The van der Waals surface area contributed by atoms with Crippen molar-refractivity contribution in [2.75, 3.05) is 32.6 Å². The zero-order valence-corrected chi connectivity index (χ0v) is 20.6. The summed E-state index contributed by atoms with van der Waals surface area (Å²) in [5.41, 5.74) is -0.0348. The molecule has 3 heterocycles. The van der Waals surface area contributed by atoms with Crippen LogP contribution in [0.25, 0.3) is 11.4 Å². The molecule has 3 atom stereocenters. The molecule has 0 spiro atoms. The quantitative estimate of drug-likeness (QED) is 0.578. The van der Waals surface area contributed by atoms with Gasteiger partial charge < -0.3 is 23.6 Å². The van der Waals surface area contributed by atoms with E-state index in [4.69, 9.17) is 18.7 Å². The first kappa shape index (κ1) is 24.1. The number of hydrogen-bond acceptors (Lipinski definition) is 9. The zero-order valence-electron chi connectivity index (χ0n) is 19.8. The Hall–Kier alpha value is -2.57. The summed E-state index contributed by atoms with van der Waals surface area (Å²) in [6, 6.07) is 3.67. The minimum absolute atomic E-state index is 0.0236. The highest BCUT2D eigenvalue weighted by atomic mass is 32.2. The van der Waals surface area contributed by atoms with Crippen molar-refractivity contribution in [3.05, 3.63) is 29.9 Å². The van der Waals surface area contributed by atoms with E-state index in [1.165, 1.54) is 12.1 Å². The molecule has 2 aromatic rings. The van der Waals surface area contributed by atoms with Crippen LogP contribution in [-0.4, -0.2) is 73.8 Å². The lowest BCUT2D eigenvalue weighted by atomic mass is 9.84. The Labute approximate surface area is 202 Å². The smallest absolute Gasteiger partial charge is 0.410 e. The second-order valence-electron chi connectivity index (χ2n) is 9.90. The van der Waals surface area contributed by atoms with Crippen LogP contribution in [0.4, 0.5) is 9.18 Å². The van der Waals surface area contributed by atoms with E-state index in [0.717, 1.165) is 25.2 Å². The summed E-state index contributed by atoms with van der Waals surface area (Å²) in [6.07, 6.45) is 1.73. The number of sulfone groups is 1. The van der Waals surface area contributed by atoms with Crippen LogP contribution in [-0.2, 0) is 24.0 Å². The molecular weight excluding hydrogens is 481 g/mol. The van der Waals surface area contributed by atoms with Crippen LogP contribution in [0.2, 0.25) is 0 Å². The fourth-order valence-electron chi connectivity index (χ4n) is 4.58. The number of carbonyl (C=O) groups excluding carboxylic acids is 1. The fourth-order valence-corrected chi connectivity index (χ4v) is 5.30. The van der Waals surface area contributed by atoms with Gasteiger partial charge in [0, 0.05) is 36.7 Å². The third kappa shape index (κ3) is 5.05. The van der Waals surface area contributed by atoms with Crippen LogP contribution in [0.1, 0.15) is 38.7 Å². The van der Waals surface area contributed by atoms with E-state index in [-0.39, 0.29) is 41.3 Å². The largest absolute Gasteiger partial charge is 0.443 e. The molecule has 10 nitrogen and oxygen atoms in total. The van der Waals surface area contributed by atoms with Gasteiger partial charge in [0.25, 0.3) is 5.89 Å². The van der Waals surface area contributed by atoms with Crippen molar-refractivity contribution in [3.8, 4) is 11.4 Å². The van der Waals surface area contributed by atoms with Crippen LogP contribution < -0.4 is 0 Å². The Morgan fingerprint density at radius 1 is 1.26 bits per heavy atom. The van der Waals surface area contributed by atoms with Crippen LogP contribution in [0.15, 0.2) is 27.6 Å². The summed E-state index contributed by atoms with van der Waals surface area (Å²) in [5, 5.41) is 3.90. The van der Waals surface area contributed by atoms with E-state index >= 15 is 0 Å². The molecule has 12 heteroatoms. The summed E-state index contributed by atoms with van der Waals surface area (Å²) in [7, 11) is -3.68. The highest BCUT2D eigenvalue weighted by molar-refractivity contribution is 7.90. The SMILES string of the molecule is CC(OC1C2COCC1CN(C(=O)OC1(C)CC1)C2)c1nc(-c2ccc(S(C)(=O)=O)c(F)c2)no1. The van der Waals surface area contributed by atoms with Gasteiger partial charge in [0.1, 0.15) is 22.4 Å². The molecule has 0 N–H and O–H groups in total. The number of likely N-dealkylation sites (tertiary alicyclic amines) is 1. The molecule has 2 bridgehead atoms. The number of piperidine rings is 1. The number of benzene rings is 1. The number of nitrogens with zero attached hydrogens (tertiary/aromatic N) is 3. The van der Waals surface area contributed by atoms with Crippen LogP contribution in [0.3, 0.4) is 0 Å². The lowest BCUT2D eigenvalue weighted by Crippen LogP contribution is -2.58. The van der Waals surface area contributed by atoms with Crippen molar-refractivity contribution in [1.82, 2.24) is 15.0 Å². The van der Waals surface area contributed by atoms with Gasteiger partial charge in [-0.2, -0.15) is 4.98 Å². The maximum atomic E-state index is 14.3. The lowest BCUT2D eigenvalue weighted by molar-refractivity contribution is -0.168. The van der Waals surface area contributed by atoms with Gasteiger partial charge in [0.2, 0.25) is 5.82 Å². The van der Waals surface area contributed by atoms with E-state index < -0.39 is 26.7 Å². The van der Waals surface area contributed by atoms with Gasteiger partial charge in [-0.05, 0) is 44.9 Å². The number of carbonyl (C=O) groups is 1. The van der Waals surface area contributed by atoms with Crippen LogP contribution in [0, 0.1) is 17.7 Å². The van der Waals surface area contributed by atoms with Crippen molar-refractivity contribution >= 4 is 15.9 Å². The molecule has 3 unspecified atom stereocenters. The average Bonchev–Trinajstić information content (AvgIpc) is 3.29. The van der Waals surface area contributed by atoms with Crippen LogP contribution >= 0.6 is 0 Å². The third-order valence-electron chi connectivity index (χ3n) is 6.79. The number of rotatable bonds is 6. The minimum atomic E-state index is -3.68. The number of amides is 1. The summed E-state index contributed by atoms with van der Waals surface area (Å²) in [5.74, 6) is -0.581. The maximum absolute atomic E-state index is 14.3. The first-order valence-electron chi connectivity index (χ1n) is 11.6. The van der Waals surface area contributed by atoms with Gasteiger partial charge in [0.15, 0.2) is 9.84 Å². The van der Waals surface area contributed by atoms with E-state index in [0.29, 0.717) is 31.9 Å². The van der Waals surface area contributed by atoms with Crippen molar-refractivity contribution in [1.29, 1.82) is 0 Å². The number of halogens is 1. The van der Waals surface area contributed by atoms with Gasteiger partial charge in [-0.25, -0.2) is 17.6 Å². The predicted molar refractivity (Wildman–Crippen MR) is 120 cm³/mol. The number of hydrogen-bond donors (Lipinski definition) is 0. The molecule has 0 radical (unpaired) electrons. The highest BCUT2D eigenvalue weighted by Crippen LogP contribution is 2.40. The van der Waals surface area contributed by atoms with Crippen molar-refractivity contribution in [2.24, 2.45) is 11.8 Å². The second kappa shape index (κ2) is 8.82. The first-order valence-corrected chi connectivity index (χ1v) is 13.5. The van der Waals surface area contributed by atoms with Gasteiger partial charge in [-0.15, -0.1) is 0 Å². The topological polar surface area (TPSA) is 121 Å². The molecule has 3 fully saturated rings. The Balaban J connectivity index is 1.25. The molecule has 1 aromatic heterocycles. The number of aromatic nitrogens is 2. The molecule has 35 heavy (non-hydrogen) atoms. The molecule has 1 amide bonds. The third-order valence-corrected chi connectivity index (χ3v) is 7.92. The molecule has 1 aromatic carbocycles. The van der Waals surface area contributed by atoms with E-state index in [1.807, 2.05) is 6.92 Å². The molecule has 1 aliphatic carbocycles. The summed E-state index contributed by atoms with van der Waals surface area (Å²) >= 11 is 0. The Bertz CT molecular complexity index is 1220. The van der Waals surface area contributed by atoms with E-state index in [1.54, 1.807) is 11.8 Å². The summed E-state index contributed by atoms with van der Waals surface area (Å²) < 4.78 is 60.6. The molecule has 3 aliphatic rings. The minimum Gasteiger partial charge on any atom is -0.443 e. The monoisotopic (exact) mass is 509 g/mol. The standard InChI is InChI=1S/C23H28FN3O7S/c1-13(21-25-20(26-34-21)14-4-5-18(17(24)8-14)35(3,29)30)32-19-15-9-27(10-16(19)12-31-11-15)22(28)33-23(2)6-7-23/h4-5,8,13,15-16,19H,6-7,9-12H2,1-3H3. The van der Waals surface area contributed by atoms with Gasteiger partial charge in [-0.1, -0.05) is 5.16 Å². The van der Waals surface area contributed by atoms with Gasteiger partial charge >= 0.3 is 6.09 Å². The second-order valence-corrected chi connectivity index (χ2v) is 11.9. The highest BCUT2D eigenvalue weighted by Gasteiger charge is 2.47. The number of ether oxygens (including phenoxy) is 3. The molecule has 2 saturated heterocycles. The fraction of sp³-hybridized carbons (Fsp3) is 0.609. The van der Waals surface area contributed by atoms with Gasteiger partial charge in [-0.3, -0.25) is 0 Å². The lowest BCUT2D eigenvalue weighted by Gasteiger charge is -2.46. The van der Waals surface area contributed by atoms with Gasteiger partial charge in [0.05, 0.1) is 19.3 Å². The normalized spacial score (nSPS) is 26.3. The van der Waals surface area contributed by atoms with Crippen LogP contribution in [0.5, 0.6) is 0 Å². The van der Waals surface area contributed by atoms with Crippen molar-refractivity contribution < 1.29 is 36.3 Å². The summed E-state index contributed by atoms with van der Waals surface area (Å²) in [6.45, 7) is 5.62. The molecule has 190 valence electrons. The molecule has 5 rings (SSSR count). The Morgan fingerprint density at radius 3 is 2.54 bits per heavy atom. The first-order chi connectivity index (χ1) is 16.5. The van der Waals surface area contributed by atoms with E-state index in [9.17, 15) is 17.6 Å². The van der Waals surface area contributed by atoms with Crippen molar-refractivity contribution in [2.45, 2.75) is 49.4 Å². The zero-order chi connectivity index (χ0) is 25.0. The molecular formula is C23H28FN3O7S. The van der Waals surface area contributed by atoms with E-state index in [2.05, 4.69) is 10.1 Å². The molecule has 1 saturated carbocycles. The Morgan fingerprint density at radius 2 is 1.94 bits per heavy atom. The predicted octanol–water partition coefficient (Wildman–Crippen LogP) is 2.99. The maximum Gasteiger partial charge on any atom is 0.410 e. The Kier molecular flexibility index (Phi) is 6.09. The average molecular weight is 510 g/mol. The number of fused-ring (bicyclic) bond motifs is 2. The van der Waals surface area contributed by atoms with Crippen molar-refractivity contribution in [3.63, 3.8) is 0 Å². The summed E-state index contributed by atoms with van der Waals surface area (Å²) in [4.78, 5) is 18.3.